The molecular weight excluding hydrogens is 372 g/mol. The van der Waals surface area contributed by atoms with Gasteiger partial charge in [-0.1, -0.05) is 0 Å². The van der Waals surface area contributed by atoms with E-state index in [0.29, 0.717) is 23.1 Å². The molecule has 0 amide bonds. The lowest BCUT2D eigenvalue weighted by Crippen LogP contribution is -2.01. The molecule has 4 N–H and O–H groups in total. The molecule has 138 valence electrons. The molecule has 1 heterocycles. The zero-order chi connectivity index (χ0) is 18.5. The molecule has 0 bridgehead atoms. The number of carboxylic acid groups (broad SMARTS) is 2. The number of carbonyl (C=O) groups is 2. The van der Waals surface area contributed by atoms with Gasteiger partial charge in [-0.05, 0) is 54.6 Å². The maximum Gasteiger partial charge on any atom is 0.335 e. The van der Waals surface area contributed by atoms with Crippen molar-refractivity contribution >= 4 is 47.5 Å². The number of benzene rings is 2. The number of nitrogens with zero attached hydrogens (tertiary/aromatic N) is 2. The molecule has 0 radical (unpaired) electrons. The summed E-state index contributed by atoms with van der Waals surface area (Å²) in [6.07, 6.45) is 1.56. The first kappa shape index (κ1) is 19.7. The maximum atomic E-state index is 10.9. The smallest absolute Gasteiger partial charge is 0.335 e. The van der Waals surface area contributed by atoms with Crippen LogP contribution in [0.5, 0.6) is 0 Å². The third-order valence-electron chi connectivity index (χ3n) is 3.45. The average Bonchev–Trinajstić information content (AvgIpc) is 2.63. The number of halogens is 1. The van der Waals surface area contributed by atoms with Gasteiger partial charge in [0.1, 0.15) is 5.82 Å². The van der Waals surface area contributed by atoms with Crippen LogP contribution >= 0.6 is 12.4 Å². The Morgan fingerprint density at radius 1 is 0.741 bits per heavy atom. The fourth-order valence-corrected chi connectivity index (χ4v) is 2.16. The van der Waals surface area contributed by atoms with Crippen molar-refractivity contribution in [3.8, 4) is 0 Å². The van der Waals surface area contributed by atoms with Crippen molar-refractivity contribution in [2.75, 3.05) is 10.6 Å². The van der Waals surface area contributed by atoms with Crippen LogP contribution in [-0.2, 0) is 0 Å². The molecule has 2 aromatic carbocycles. The molecule has 0 unspecified atom stereocenters. The molecule has 1 aromatic heterocycles. The SMILES string of the molecule is Cl.O=C(O)c1ccc(Nc2ccnc(Nc3ccc(C(=O)O)cc3)n2)cc1. The van der Waals surface area contributed by atoms with Crippen molar-refractivity contribution in [1.29, 1.82) is 0 Å². The summed E-state index contributed by atoms with van der Waals surface area (Å²) >= 11 is 0. The van der Waals surface area contributed by atoms with Gasteiger partial charge in [0.2, 0.25) is 5.95 Å². The quantitative estimate of drug-likeness (QED) is 0.504. The number of carboxylic acids is 2. The first-order valence-electron chi connectivity index (χ1n) is 7.55. The molecule has 0 aliphatic heterocycles. The van der Waals surface area contributed by atoms with Crippen molar-refractivity contribution in [1.82, 2.24) is 9.97 Å². The van der Waals surface area contributed by atoms with Crippen molar-refractivity contribution in [3.05, 3.63) is 71.9 Å². The molecular formula is C18H15ClN4O4. The molecule has 9 heteroatoms. The monoisotopic (exact) mass is 386 g/mol. The van der Waals surface area contributed by atoms with Crippen molar-refractivity contribution < 1.29 is 19.8 Å². The van der Waals surface area contributed by atoms with Gasteiger partial charge in [-0.15, -0.1) is 12.4 Å². The number of anilines is 4. The summed E-state index contributed by atoms with van der Waals surface area (Å²) < 4.78 is 0. The van der Waals surface area contributed by atoms with E-state index in [1.165, 1.54) is 24.3 Å². The second-order valence-corrected chi connectivity index (χ2v) is 5.28. The largest absolute Gasteiger partial charge is 0.478 e. The Balaban J connectivity index is 0.00000261. The van der Waals surface area contributed by atoms with Gasteiger partial charge in [-0.2, -0.15) is 4.98 Å². The number of aromatic carboxylic acids is 2. The van der Waals surface area contributed by atoms with Crippen LogP contribution in [0, 0.1) is 0 Å². The number of hydrogen-bond acceptors (Lipinski definition) is 6. The highest BCUT2D eigenvalue weighted by Crippen LogP contribution is 2.18. The van der Waals surface area contributed by atoms with Crippen LogP contribution in [0.1, 0.15) is 20.7 Å². The second-order valence-electron chi connectivity index (χ2n) is 5.28. The van der Waals surface area contributed by atoms with E-state index < -0.39 is 11.9 Å². The van der Waals surface area contributed by atoms with E-state index in [4.69, 9.17) is 10.2 Å². The molecule has 0 fully saturated rings. The Morgan fingerprint density at radius 3 is 1.70 bits per heavy atom. The van der Waals surface area contributed by atoms with Gasteiger partial charge in [-0.3, -0.25) is 0 Å². The topological polar surface area (TPSA) is 124 Å². The summed E-state index contributed by atoms with van der Waals surface area (Å²) in [6.45, 7) is 0. The number of nitrogens with one attached hydrogen (secondary N) is 2. The summed E-state index contributed by atoms with van der Waals surface area (Å²) in [5.41, 5.74) is 1.73. The number of hydrogen-bond donors (Lipinski definition) is 4. The van der Waals surface area contributed by atoms with E-state index in [9.17, 15) is 9.59 Å². The molecule has 3 aromatic rings. The summed E-state index contributed by atoms with van der Waals surface area (Å²) in [6, 6.07) is 14.2. The van der Waals surface area contributed by atoms with Gasteiger partial charge in [0, 0.05) is 17.6 Å². The zero-order valence-corrected chi connectivity index (χ0v) is 14.6. The Morgan fingerprint density at radius 2 is 1.22 bits per heavy atom. The highest BCUT2D eigenvalue weighted by atomic mass is 35.5. The van der Waals surface area contributed by atoms with Gasteiger partial charge in [0.15, 0.2) is 0 Å². The van der Waals surface area contributed by atoms with Crippen molar-refractivity contribution in [2.24, 2.45) is 0 Å². The molecule has 0 saturated heterocycles. The lowest BCUT2D eigenvalue weighted by Gasteiger charge is -2.09. The standard InChI is InChI=1S/C18H14N4O4.ClH/c23-16(24)11-1-5-13(6-2-11)20-15-9-10-19-18(22-15)21-14-7-3-12(4-8-14)17(25)26;/h1-10H,(H,23,24)(H,25,26)(H2,19,20,21,22);1H. The lowest BCUT2D eigenvalue weighted by molar-refractivity contribution is 0.0686. The van der Waals surface area contributed by atoms with E-state index in [1.807, 2.05) is 0 Å². The van der Waals surface area contributed by atoms with Crippen LogP contribution in [0.15, 0.2) is 60.8 Å². The highest BCUT2D eigenvalue weighted by molar-refractivity contribution is 5.88. The minimum absolute atomic E-state index is 0. The maximum absolute atomic E-state index is 10.9. The molecule has 0 aliphatic rings. The van der Waals surface area contributed by atoms with Crippen LogP contribution in [0.25, 0.3) is 0 Å². The highest BCUT2D eigenvalue weighted by Gasteiger charge is 2.05. The van der Waals surface area contributed by atoms with Crippen LogP contribution in [0.4, 0.5) is 23.1 Å². The Hall–Kier alpha value is -3.65. The first-order chi connectivity index (χ1) is 12.5. The fraction of sp³-hybridized carbons (Fsp3) is 0. The van der Waals surface area contributed by atoms with Gasteiger partial charge in [-0.25, -0.2) is 14.6 Å². The first-order valence-corrected chi connectivity index (χ1v) is 7.55. The third-order valence-corrected chi connectivity index (χ3v) is 3.45. The predicted octanol–water partition coefficient (Wildman–Crippen LogP) is 3.78. The van der Waals surface area contributed by atoms with E-state index in [1.54, 1.807) is 36.5 Å². The second kappa shape index (κ2) is 8.63. The Labute approximate surface area is 160 Å². The Kier molecular flexibility index (Phi) is 6.29. The van der Waals surface area contributed by atoms with Crippen LogP contribution in [-0.4, -0.2) is 32.1 Å². The number of aromatic nitrogens is 2. The number of rotatable bonds is 6. The minimum Gasteiger partial charge on any atom is -0.478 e. The molecule has 0 spiro atoms. The Bertz CT molecular complexity index is 872. The summed E-state index contributed by atoms with van der Waals surface area (Å²) in [5, 5.41) is 23.9. The summed E-state index contributed by atoms with van der Waals surface area (Å²) in [5.74, 6) is -1.13. The van der Waals surface area contributed by atoms with Crippen molar-refractivity contribution in [2.45, 2.75) is 0 Å². The summed E-state index contributed by atoms with van der Waals surface area (Å²) in [7, 11) is 0. The molecule has 0 saturated carbocycles. The summed E-state index contributed by atoms with van der Waals surface area (Å²) in [4.78, 5) is 30.2. The molecule has 0 aliphatic carbocycles. The fourth-order valence-electron chi connectivity index (χ4n) is 2.16. The lowest BCUT2D eigenvalue weighted by atomic mass is 10.2. The van der Waals surface area contributed by atoms with Gasteiger partial charge in [0.05, 0.1) is 11.1 Å². The third kappa shape index (κ3) is 5.16. The van der Waals surface area contributed by atoms with Crippen molar-refractivity contribution in [3.63, 3.8) is 0 Å². The van der Waals surface area contributed by atoms with E-state index in [-0.39, 0.29) is 23.5 Å². The molecule has 3 rings (SSSR count). The van der Waals surface area contributed by atoms with E-state index in [2.05, 4.69) is 20.6 Å². The average molecular weight is 387 g/mol. The zero-order valence-electron chi connectivity index (χ0n) is 13.8. The van der Waals surface area contributed by atoms with Gasteiger partial charge in [0.25, 0.3) is 0 Å². The van der Waals surface area contributed by atoms with Crippen LogP contribution < -0.4 is 10.6 Å². The molecule has 8 nitrogen and oxygen atoms in total. The van der Waals surface area contributed by atoms with Crippen LogP contribution in [0.2, 0.25) is 0 Å². The normalized spacial score (nSPS) is 9.78. The van der Waals surface area contributed by atoms with E-state index >= 15 is 0 Å². The van der Waals surface area contributed by atoms with E-state index in [0.717, 1.165) is 0 Å². The molecule has 0 atom stereocenters. The predicted molar refractivity (Wildman–Crippen MR) is 103 cm³/mol. The van der Waals surface area contributed by atoms with Gasteiger partial charge >= 0.3 is 11.9 Å². The minimum atomic E-state index is -0.993. The van der Waals surface area contributed by atoms with Gasteiger partial charge < -0.3 is 20.8 Å². The van der Waals surface area contributed by atoms with Crippen LogP contribution in [0.3, 0.4) is 0 Å². The molecule has 27 heavy (non-hydrogen) atoms.